The molecule has 2 aromatic carbocycles. The van der Waals surface area contributed by atoms with Crippen LogP contribution in [0.1, 0.15) is 233 Å². The highest BCUT2D eigenvalue weighted by Crippen LogP contribution is 2.44. The minimum atomic E-state index is -0.576. The van der Waals surface area contributed by atoms with E-state index in [1.165, 1.54) is 138 Å². The average Bonchev–Trinajstić information content (AvgIpc) is 3.28. The summed E-state index contributed by atoms with van der Waals surface area (Å²) >= 11 is 0. The highest BCUT2D eigenvalue weighted by atomic mass is 16.3. The minimum Gasteiger partial charge on any atom is -0.494 e. The van der Waals surface area contributed by atoms with Crippen LogP contribution in [0.4, 0.5) is 11.4 Å². The van der Waals surface area contributed by atoms with Gasteiger partial charge >= 0.3 is 0 Å². The largest absolute Gasteiger partial charge is 0.494 e. The highest BCUT2D eigenvalue weighted by molar-refractivity contribution is 6.30. The van der Waals surface area contributed by atoms with Crippen molar-refractivity contribution >= 4 is 43.7 Å². The standard InChI is InChI=1S/C54H90N6O4/c1-5-9-13-17-21-23-27-31-35-39(33-29-25-19-15-11-7-3)37-59-51(61)43-41-42-45(49(57)47(43)55)53(63)60(54(64)46(42)50(58)48(56)44(41)52(59)62)38-40(34-30-26-20-16-12-8-4)36-32-28-24-22-18-14-10-6-2/h39-40,55,57,61,64H,5-38,56,58H2,1-4H3. The second-order valence-corrected chi connectivity index (χ2v) is 19.7. The lowest BCUT2D eigenvalue weighted by molar-refractivity contribution is 0.325. The van der Waals surface area contributed by atoms with Gasteiger partial charge in [0.1, 0.15) is 0 Å². The molecule has 2 heterocycles. The van der Waals surface area contributed by atoms with Crippen LogP contribution in [0, 0.1) is 22.7 Å². The number of hydrogen-bond acceptors (Lipinski definition) is 8. The van der Waals surface area contributed by atoms with Gasteiger partial charge in [0.2, 0.25) is 11.8 Å². The number of aromatic hydroxyl groups is 2. The third kappa shape index (κ3) is 14.1. The Morgan fingerprint density at radius 3 is 1.02 bits per heavy atom. The molecule has 0 amide bonds. The topological polar surface area (TPSA) is 184 Å². The van der Waals surface area contributed by atoms with Gasteiger partial charge in [-0.2, -0.15) is 0 Å². The van der Waals surface area contributed by atoms with E-state index < -0.39 is 11.1 Å². The fraction of sp³-hybridized carbons (Fsp3) is 0.741. The fourth-order valence-corrected chi connectivity index (χ4v) is 10.5. The van der Waals surface area contributed by atoms with Crippen LogP contribution >= 0.6 is 0 Å². The lowest BCUT2D eigenvalue weighted by Gasteiger charge is -2.24. The summed E-state index contributed by atoms with van der Waals surface area (Å²) in [6.45, 7) is 9.43. The van der Waals surface area contributed by atoms with E-state index in [0.717, 1.165) is 77.0 Å². The zero-order valence-corrected chi connectivity index (χ0v) is 41.0. The molecule has 0 saturated heterocycles. The minimum absolute atomic E-state index is 0.00129. The van der Waals surface area contributed by atoms with Crippen molar-refractivity contribution in [3.8, 4) is 11.8 Å². The van der Waals surface area contributed by atoms with E-state index in [1.807, 2.05) is 0 Å². The average molecular weight is 887 g/mol. The smallest absolute Gasteiger partial charge is 0.263 e. The molecule has 360 valence electrons. The van der Waals surface area contributed by atoms with Gasteiger partial charge in [-0.15, -0.1) is 0 Å². The van der Waals surface area contributed by atoms with Gasteiger partial charge < -0.3 is 21.7 Å². The van der Waals surface area contributed by atoms with Crippen LogP contribution in [0.15, 0.2) is 9.59 Å². The first-order valence-corrected chi connectivity index (χ1v) is 26.5. The molecule has 0 spiro atoms. The first-order chi connectivity index (χ1) is 31.0. The maximum Gasteiger partial charge on any atom is 0.263 e. The SMILES string of the molecule is CCCCCCCCCCC(CCCCCCCC)Cn1c(O)c2c(=N)c(=N)c3c(=O)n(CC(CCCCCCCC)CCCCCCCCCC)c(O)c4c(N)c(N)c(c1=O)c2c43. The van der Waals surface area contributed by atoms with Crippen molar-refractivity contribution in [1.29, 1.82) is 10.8 Å². The van der Waals surface area contributed by atoms with Crippen molar-refractivity contribution in [3.05, 3.63) is 31.4 Å². The van der Waals surface area contributed by atoms with Crippen LogP contribution in [0.2, 0.25) is 0 Å². The number of nitrogens with two attached hydrogens (primary N) is 2. The van der Waals surface area contributed by atoms with E-state index in [2.05, 4.69) is 27.7 Å². The van der Waals surface area contributed by atoms with Gasteiger partial charge in [0, 0.05) is 23.9 Å². The van der Waals surface area contributed by atoms with Gasteiger partial charge in [-0.1, -0.05) is 207 Å². The number of anilines is 2. The number of rotatable bonds is 36. The fourth-order valence-electron chi connectivity index (χ4n) is 10.5. The third-order valence-corrected chi connectivity index (χ3v) is 14.5. The van der Waals surface area contributed by atoms with E-state index in [1.54, 1.807) is 0 Å². The summed E-state index contributed by atoms with van der Waals surface area (Å²) < 4.78 is 2.69. The van der Waals surface area contributed by atoms with Crippen molar-refractivity contribution in [1.82, 2.24) is 9.13 Å². The van der Waals surface area contributed by atoms with E-state index in [0.29, 0.717) is 0 Å². The Labute approximate surface area is 385 Å². The number of hydrogen-bond donors (Lipinski definition) is 6. The molecule has 10 heteroatoms. The van der Waals surface area contributed by atoms with Crippen LogP contribution in [0.3, 0.4) is 0 Å². The Morgan fingerprint density at radius 1 is 0.391 bits per heavy atom. The zero-order chi connectivity index (χ0) is 46.4. The Balaban J connectivity index is 1.72. The number of nitrogens with one attached hydrogen (secondary N) is 2. The molecule has 0 radical (unpaired) electrons. The van der Waals surface area contributed by atoms with Crippen molar-refractivity contribution in [2.75, 3.05) is 11.5 Å². The second-order valence-electron chi connectivity index (χ2n) is 19.7. The molecule has 2 aromatic heterocycles. The van der Waals surface area contributed by atoms with Crippen LogP contribution < -0.4 is 33.3 Å². The van der Waals surface area contributed by atoms with Gasteiger partial charge in [0.15, 0.2) is 0 Å². The number of unbranched alkanes of at least 4 members (excludes halogenated alkanes) is 24. The van der Waals surface area contributed by atoms with Crippen molar-refractivity contribution < 1.29 is 10.2 Å². The van der Waals surface area contributed by atoms with Crippen LogP contribution in [0.5, 0.6) is 11.8 Å². The first kappa shape index (κ1) is 52.8. The van der Waals surface area contributed by atoms with Crippen LogP contribution in [0.25, 0.3) is 32.3 Å². The first-order valence-electron chi connectivity index (χ1n) is 26.5. The summed E-state index contributed by atoms with van der Waals surface area (Å²) in [4.78, 5) is 29.4. The molecule has 0 fully saturated rings. The summed E-state index contributed by atoms with van der Waals surface area (Å²) in [7, 11) is 0. The monoisotopic (exact) mass is 887 g/mol. The number of nitrogen functional groups attached to an aromatic ring is 2. The molecule has 4 aromatic rings. The predicted molar refractivity (Wildman–Crippen MR) is 271 cm³/mol. The molecule has 0 aliphatic carbocycles. The van der Waals surface area contributed by atoms with E-state index in [4.69, 9.17) is 11.5 Å². The molecule has 0 aliphatic rings. The summed E-state index contributed by atoms with van der Waals surface area (Å²) in [5.74, 6) is -0.477. The molecule has 2 unspecified atom stereocenters. The molecular formula is C54H90N6O4. The van der Waals surface area contributed by atoms with Gasteiger partial charge in [0.05, 0.1) is 43.6 Å². The van der Waals surface area contributed by atoms with Crippen LogP contribution in [-0.2, 0) is 13.1 Å². The quantitative estimate of drug-likeness (QED) is 0.0150. The third-order valence-electron chi connectivity index (χ3n) is 14.5. The molecule has 2 atom stereocenters. The summed E-state index contributed by atoms with van der Waals surface area (Å²) in [6, 6.07) is 0. The molecule has 8 N–H and O–H groups in total. The maximum absolute atomic E-state index is 14.7. The number of benzene rings is 2. The maximum atomic E-state index is 14.7. The van der Waals surface area contributed by atoms with E-state index in [-0.39, 0.29) is 91.1 Å². The zero-order valence-electron chi connectivity index (χ0n) is 41.0. The van der Waals surface area contributed by atoms with Crippen LogP contribution in [-0.4, -0.2) is 19.3 Å². The van der Waals surface area contributed by atoms with Gasteiger partial charge in [-0.25, -0.2) is 0 Å². The Morgan fingerprint density at radius 2 is 0.656 bits per heavy atom. The number of aromatic nitrogens is 2. The lowest BCUT2D eigenvalue weighted by atomic mass is 9.91. The van der Waals surface area contributed by atoms with E-state index in [9.17, 15) is 30.6 Å². The molecule has 0 aliphatic heterocycles. The second kappa shape index (κ2) is 28.3. The Kier molecular flexibility index (Phi) is 23.3. The molecule has 10 nitrogen and oxygen atoms in total. The van der Waals surface area contributed by atoms with E-state index >= 15 is 0 Å². The lowest BCUT2D eigenvalue weighted by Crippen LogP contribution is -2.36. The van der Waals surface area contributed by atoms with Gasteiger partial charge in [-0.05, 0) is 37.5 Å². The summed E-state index contributed by atoms with van der Waals surface area (Å²) in [6.07, 6.45) is 37.0. The Hall–Kier alpha value is -3.82. The van der Waals surface area contributed by atoms with Gasteiger partial charge in [-0.3, -0.25) is 29.5 Å². The van der Waals surface area contributed by atoms with Crippen molar-refractivity contribution in [2.24, 2.45) is 11.8 Å². The van der Waals surface area contributed by atoms with Crippen molar-refractivity contribution in [3.63, 3.8) is 0 Å². The van der Waals surface area contributed by atoms with Crippen molar-refractivity contribution in [2.45, 2.75) is 246 Å². The Bertz CT molecular complexity index is 2170. The molecule has 0 saturated carbocycles. The molecule has 64 heavy (non-hydrogen) atoms. The summed E-state index contributed by atoms with van der Waals surface area (Å²) in [5, 5.41) is 42.5. The number of nitrogens with zero attached hydrogens (tertiary/aromatic N) is 2. The normalized spacial score (nSPS) is 13.0. The summed E-state index contributed by atoms with van der Waals surface area (Å²) in [5.41, 5.74) is 12.5. The predicted octanol–water partition coefficient (Wildman–Crippen LogP) is 13.7. The molecule has 4 rings (SSSR count). The van der Waals surface area contributed by atoms with Gasteiger partial charge in [0.25, 0.3) is 11.1 Å². The molecule has 0 bridgehead atoms. The number of pyridine rings is 2. The molecular weight excluding hydrogens is 797 g/mol. The highest BCUT2D eigenvalue weighted by Gasteiger charge is 2.30.